The number of amides is 1. The number of hydrogen-bond acceptors (Lipinski definition) is 6. The van der Waals surface area contributed by atoms with Crippen LogP contribution in [0.2, 0.25) is 0 Å². The third-order valence-electron chi connectivity index (χ3n) is 4.31. The predicted molar refractivity (Wildman–Crippen MR) is 80.7 cm³/mol. The van der Waals surface area contributed by atoms with Crippen LogP contribution in [0.5, 0.6) is 0 Å². The van der Waals surface area contributed by atoms with Gasteiger partial charge in [0.15, 0.2) is 0 Å². The van der Waals surface area contributed by atoms with Crippen LogP contribution in [0, 0.1) is 5.92 Å². The van der Waals surface area contributed by atoms with Crippen molar-refractivity contribution < 1.29 is 9.21 Å². The molecule has 2 aromatic rings. The molecule has 1 aromatic heterocycles. The molecule has 22 heavy (non-hydrogen) atoms. The largest absolute Gasteiger partial charge is 0.419 e. The predicted octanol–water partition coefficient (Wildman–Crippen LogP) is 1.65. The van der Waals surface area contributed by atoms with Crippen LogP contribution in [0.1, 0.15) is 16.8 Å². The lowest BCUT2D eigenvalue weighted by molar-refractivity contribution is 0.0924. The molecule has 4 rings (SSSR count). The van der Waals surface area contributed by atoms with Crippen LogP contribution in [0.15, 0.2) is 45.2 Å². The number of piperidine rings is 1. The first-order chi connectivity index (χ1) is 10.8. The van der Waals surface area contributed by atoms with Crippen molar-refractivity contribution in [3.05, 3.63) is 36.2 Å². The van der Waals surface area contributed by atoms with Crippen molar-refractivity contribution in [3.63, 3.8) is 0 Å². The fraction of sp³-hybridized carbons (Fsp3) is 0.400. The Bertz CT molecular complexity index is 659. The summed E-state index contributed by atoms with van der Waals surface area (Å²) in [6, 6.07) is 7.76. The van der Waals surface area contributed by atoms with Gasteiger partial charge < -0.3 is 14.6 Å². The van der Waals surface area contributed by atoms with E-state index in [1.807, 2.05) is 24.3 Å². The number of nitrogens with zero attached hydrogens (tertiary/aromatic N) is 3. The van der Waals surface area contributed by atoms with Crippen molar-refractivity contribution in [1.82, 2.24) is 20.4 Å². The van der Waals surface area contributed by atoms with Crippen LogP contribution in [0.3, 0.4) is 0 Å². The highest BCUT2D eigenvalue weighted by Crippen LogP contribution is 2.28. The molecule has 2 fully saturated rings. The van der Waals surface area contributed by atoms with Gasteiger partial charge in [-0.1, -0.05) is 0 Å². The molecule has 2 saturated heterocycles. The molecular weight excluding hydrogens is 300 g/mol. The Labute approximate surface area is 132 Å². The molecule has 3 atom stereocenters. The van der Waals surface area contributed by atoms with E-state index >= 15 is 0 Å². The Morgan fingerprint density at radius 3 is 2.82 bits per heavy atom. The van der Waals surface area contributed by atoms with E-state index in [0.717, 1.165) is 18.0 Å². The second-order valence-corrected chi connectivity index (χ2v) is 6.74. The third kappa shape index (κ3) is 2.74. The van der Waals surface area contributed by atoms with E-state index < -0.39 is 0 Å². The lowest BCUT2D eigenvalue weighted by Crippen LogP contribution is -2.43. The molecule has 1 amide bonds. The van der Waals surface area contributed by atoms with Gasteiger partial charge in [-0.15, -0.1) is 10.2 Å². The highest BCUT2D eigenvalue weighted by molar-refractivity contribution is 7.99. The van der Waals surface area contributed by atoms with Crippen molar-refractivity contribution in [1.29, 1.82) is 0 Å². The molecule has 0 radical (unpaired) electrons. The van der Waals surface area contributed by atoms with Gasteiger partial charge in [0.2, 0.25) is 6.39 Å². The summed E-state index contributed by atoms with van der Waals surface area (Å²) in [6.45, 7) is 3.30. The number of hydrogen-bond donors (Lipinski definition) is 1. The number of nitrogens with one attached hydrogen (secondary N) is 1. The standard InChI is InChI=1S/C15H16N4O2S/c20-14(17-13-8-19-6-5-11(13)7-19)10-1-3-12(4-2-10)22-15-18-16-9-21-15/h1-4,9,11,13H,5-8H2,(H,17,20)/t11-,13?/m0/s1. The van der Waals surface area contributed by atoms with E-state index in [2.05, 4.69) is 20.4 Å². The summed E-state index contributed by atoms with van der Waals surface area (Å²) in [6.07, 6.45) is 2.50. The number of benzene rings is 1. The Morgan fingerprint density at radius 1 is 1.32 bits per heavy atom. The van der Waals surface area contributed by atoms with E-state index in [1.54, 1.807) is 0 Å². The van der Waals surface area contributed by atoms with Crippen LogP contribution < -0.4 is 5.32 Å². The second-order valence-electron chi connectivity index (χ2n) is 5.72. The van der Waals surface area contributed by atoms with Crippen molar-refractivity contribution in [2.24, 2.45) is 5.92 Å². The van der Waals surface area contributed by atoms with Gasteiger partial charge in [0.05, 0.1) is 0 Å². The molecule has 114 valence electrons. The summed E-state index contributed by atoms with van der Waals surface area (Å²) in [5.41, 5.74) is 0.688. The second kappa shape index (κ2) is 5.73. The number of aromatic nitrogens is 2. The zero-order chi connectivity index (χ0) is 14.9. The van der Waals surface area contributed by atoms with Crippen LogP contribution in [0.4, 0.5) is 0 Å². The Balaban J connectivity index is 1.38. The first-order valence-electron chi connectivity index (χ1n) is 7.35. The van der Waals surface area contributed by atoms with Gasteiger partial charge in [-0.25, -0.2) is 0 Å². The molecule has 2 aliphatic rings. The summed E-state index contributed by atoms with van der Waals surface area (Å²) >= 11 is 1.38. The highest BCUT2D eigenvalue weighted by Gasteiger charge is 2.38. The van der Waals surface area contributed by atoms with Crippen molar-refractivity contribution in [2.75, 3.05) is 19.6 Å². The molecule has 1 aromatic carbocycles. The Hall–Kier alpha value is -1.86. The van der Waals surface area contributed by atoms with Crippen molar-refractivity contribution >= 4 is 17.7 Å². The Morgan fingerprint density at radius 2 is 2.18 bits per heavy atom. The number of carbonyl (C=O) groups excluding carboxylic acids is 1. The summed E-state index contributed by atoms with van der Waals surface area (Å²) in [7, 11) is 0. The number of carbonyl (C=O) groups is 1. The molecular formula is C15H16N4O2S. The summed E-state index contributed by atoms with van der Waals surface area (Å²) in [5, 5.41) is 11.1. The quantitative estimate of drug-likeness (QED) is 0.925. The van der Waals surface area contributed by atoms with E-state index in [1.165, 1.54) is 31.1 Å². The summed E-state index contributed by atoms with van der Waals surface area (Å²) in [5.74, 6) is 0.629. The van der Waals surface area contributed by atoms with Gasteiger partial charge in [0.25, 0.3) is 11.1 Å². The fourth-order valence-electron chi connectivity index (χ4n) is 3.18. The monoisotopic (exact) mass is 316 g/mol. The molecule has 0 saturated carbocycles. The maximum atomic E-state index is 12.3. The first-order valence-corrected chi connectivity index (χ1v) is 8.17. The van der Waals surface area contributed by atoms with Crippen LogP contribution in [0.25, 0.3) is 0 Å². The van der Waals surface area contributed by atoms with Gasteiger partial charge >= 0.3 is 0 Å². The minimum absolute atomic E-state index is 0.00749. The zero-order valence-electron chi connectivity index (χ0n) is 11.9. The highest BCUT2D eigenvalue weighted by atomic mass is 32.2. The first kappa shape index (κ1) is 13.8. The van der Waals surface area contributed by atoms with Crippen LogP contribution >= 0.6 is 11.8 Å². The normalized spacial score (nSPS) is 26.3. The van der Waals surface area contributed by atoms with Gasteiger partial charge in [-0.05, 0) is 54.9 Å². The topological polar surface area (TPSA) is 71.3 Å². The van der Waals surface area contributed by atoms with Gasteiger partial charge in [0, 0.05) is 29.6 Å². The van der Waals surface area contributed by atoms with E-state index in [-0.39, 0.29) is 5.91 Å². The van der Waals surface area contributed by atoms with Crippen LogP contribution in [-0.4, -0.2) is 46.7 Å². The minimum atomic E-state index is 0.00749. The molecule has 6 nitrogen and oxygen atoms in total. The number of rotatable bonds is 4. The SMILES string of the molecule is O=C(NC1CN2CC[C@H]1C2)c1ccc(Sc2nnco2)cc1. The summed E-state index contributed by atoms with van der Waals surface area (Å²) in [4.78, 5) is 15.7. The van der Waals surface area contributed by atoms with Crippen molar-refractivity contribution in [2.45, 2.75) is 22.6 Å². The smallest absolute Gasteiger partial charge is 0.281 e. The van der Waals surface area contributed by atoms with Gasteiger partial charge in [-0.3, -0.25) is 4.79 Å². The average Bonchev–Trinajstić information content (AvgIpc) is 3.25. The van der Waals surface area contributed by atoms with E-state index in [0.29, 0.717) is 22.7 Å². The minimum Gasteiger partial charge on any atom is -0.419 e. The molecule has 0 aliphatic carbocycles. The lowest BCUT2D eigenvalue weighted by Gasteiger charge is -2.23. The van der Waals surface area contributed by atoms with Gasteiger partial charge in [0.1, 0.15) is 0 Å². The maximum Gasteiger partial charge on any atom is 0.281 e. The van der Waals surface area contributed by atoms with E-state index in [9.17, 15) is 4.79 Å². The summed E-state index contributed by atoms with van der Waals surface area (Å²) < 4.78 is 5.09. The lowest BCUT2D eigenvalue weighted by atomic mass is 9.99. The molecule has 2 unspecified atom stereocenters. The molecule has 0 spiro atoms. The third-order valence-corrected chi connectivity index (χ3v) is 5.17. The molecule has 1 N–H and O–H groups in total. The van der Waals surface area contributed by atoms with Crippen LogP contribution in [-0.2, 0) is 0 Å². The zero-order valence-corrected chi connectivity index (χ0v) is 12.8. The molecule has 3 heterocycles. The Kier molecular flexibility index (Phi) is 3.59. The molecule has 7 heteroatoms. The fourth-order valence-corrected chi connectivity index (χ4v) is 3.83. The average molecular weight is 316 g/mol. The number of fused-ring (bicyclic) bond motifs is 2. The maximum absolute atomic E-state index is 12.3. The van der Waals surface area contributed by atoms with Gasteiger partial charge in [-0.2, -0.15) is 0 Å². The van der Waals surface area contributed by atoms with Crippen molar-refractivity contribution in [3.8, 4) is 0 Å². The molecule has 2 aliphatic heterocycles. The van der Waals surface area contributed by atoms with E-state index in [4.69, 9.17) is 4.42 Å². The molecule has 2 bridgehead atoms.